The van der Waals surface area contributed by atoms with Gasteiger partial charge in [-0.15, -0.1) is 0 Å². The smallest absolute Gasteiger partial charge is 0.183 e. The Labute approximate surface area is 217 Å². The monoisotopic (exact) mass is 485 g/mol. The van der Waals surface area contributed by atoms with Crippen LogP contribution in [0.15, 0.2) is 140 Å². The number of benzene rings is 5. The second kappa shape index (κ2) is 7.73. The van der Waals surface area contributed by atoms with E-state index in [1.807, 2.05) is 6.20 Å². The molecule has 2 aliphatic heterocycles. The van der Waals surface area contributed by atoms with Gasteiger partial charge in [0.15, 0.2) is 8.07 Å². The zero-order chi connectivity index (χ0) is 24.4. The minimum absolute atomic E-state index is 1.16. The Bertz CT molecular complexity index is 1690. The normalized spacial score (nSPS) is 13.6. The van der Waals surface area contributed by atoms with Gasteiger partial charge in [-0.25, -0.2) is 0 Å². The van der Waals surface area contributed by atoms with Crippen LogP contribution in [0.5, 0.6) is 0 Å². The standard InChI is InChI=1S/C35H23NSi/c1-3-10-24(11-4-1)26-17-19-32-29(22-26)30-23-27(25-12-5-2-6-13-25)18-20-33(30)37(32)31-15-8-7-14-28(31)35-34(37)16-9-21-36-35/h1-23H. The van der Waals surface area contributed by atoms with Crippen LogP contribution in [0, 0.1) is 0 Å². The molecule has 2 aliphatic rings. The lowest BCUT2D eigenvalue weighted by Crippen LogP contribution is -2.70. The molecule has 2 heteroatoms. The van der Waals surface area contributed by atoms with Gasteiger partial charge in [-0.1, -0.05) is 115 Å². The summed E-state index contributed by atoms with van der Waals surface area (Å²) in [5.41, 5.74) is 10.2. The van der Waals surface area contributed by atoms with E-state index < -0.39 is 8.07 Å². The van der Waals surface area contributed by atoms with E-state index in [0.29, 0.717) is 0 Å². The second-order valence-electron chi connectivity index (χ2n) is 9.95. The van der Waals surface area contributed by atoms with Crippen LogP contribution >= 0.6 is 0 Å². The number of pyridine rings is 1. The molecule has 172 valence electrons. The third kappa shape index (κ3) is 2.76. The minimum atomic E-state index is -2.46. The lowest BCUT2D eigenvalue weighted by atomic mass is 9.96. The van der Waals surface area contributed by atoms with Gasteiger partial charge in [0.2, 0.25) is 0 Å². The van der Waals surface area contributed by atoms with Gasteiger partial charge in [0.1, 0.15) is 0 Å². The van der Waals surface area contributed by atoms with Crippen molar-refractivity contribution in [1.82, 2.24) is 4.98 Å². The van der Waals surface area contributed by atoms with Crippen molar-refractivity contribution in [2.75, 3.05) is 0 Å². The molecule has 1 spiro atoms. The summed E-state index contributed by atoms with van der Waals surface area (Å²) in [6.07, 6.45) is 1.94. The van der Waals surface area contributed by atoms with E-state index in [1.165, 1.54) is 59.7 Å². The number of aromatic nitrogens is 1. The van der Waals surface area contributed by atoms with Gasteiger partial charge in [0.05, 0.1) is 5.69 Å². The van der Waals surface area contributed by atoms with E-state index in [2.05, 4.69) is 133 Å². The van der Waals surface area contributed by atoms with E-state index >= 15 is 0 Å². The number of nitrogens with zero attached hydrogens (tertiary/aromatic N) is 1. The first-order valence-corrected chi connectivity index (χ1v) is 14.8. The molecule has 0 fully saturated rings. The van der Waals surface area contributed by atoms with Crippen LogP contribution in [0.1, 0.15) is 0 Å². The molecular weight excluding hydrogens is 462 g/mol. The molecule has 8 rings (SSSR count). The Kier molecular flexibility index (Phi) is 4.31. The summed E-state index contributed by atoms with van der Waals surface area (Å²) in [7, 11) is -2.46. The number of hydrogen-bond acceptors (Lipinski definition) is 1. The first kappa shape index (κ1) is 20.6. The van der Waals surface area contributed by atoms with Crippen molar-refractivity contribution in [2.24, 2.45) is 0 Å². The predicted octanol–water partition coefficient (Wildman–Crippen LogP) is 5.75. The summed E-state index contributed by atoms with van der Waals surface area (Å²) in [6, 6.07) is 49.2. The van der Waals surface area contributed by atoms with Crippen LogP contribution in [0.3, 0.4) is 0 Å². The van der Waals surface area contributed by atoms with Gasteiger partial charge in [-0.3, -0.25) is 4.98 Å². The van der Waals surface area contributed by atoms with Gasteiger partial charge < -0.3 is 0 Å². The van der Waals surface area contributed by atoms with Gasteiger partial charge >= 0.3 is 0 Å². The lowest BCUT2D eigenvalue weighted by molar-refractivity contribution is 1.36. The molecule has 0 N–H and O–H groups in total. The quantitative estimate of drug-likeness (QED) is 0.284. The van der Waals surface area contributed by atoms with E-state index in [9.17, 15) is 0 Å². The van der Waals surface area contributed by atoms with Crippen molar-refractivity contribution in [2.45, 2.75) is 0 Å². The molecule has 0 amide bonds. The highest BCUT2D eigenvalue weighted by Gasteiger charge is 2.54. The Morgan fingerprint density at radius 2 is 0.892 bits per heavy atom. The Morgan fingerprint density at radius 1 is 0.378 bits per heavy atom. The van der Waals surface area contributed by atoms with Crippen molar-refractivity contribution in [3.63, 3.8) is 0 Å². The number of rotatable bonds is 2. The molecule has 0 radical (unpaired) electrons. The topological polar surface area (TPSA) is 12.9 Å². The predicted molar refractivity (Wildman–Crippen MR) is 157 cm³/mol. The molecule has 3 heterocycles. The van der Waals surface area contributed by atoms with Crippen LogP contribution in [0.25, 0.3) is 44.6 Å². The maximum absolute atomic E-state index is 4.93. The fourth-order valence-electron chi connectivity index (χ4n) is 6.62. The zero-order valence-corrected chi connectivity index (χ0v) is 21.2. The first-order valence-electron chi connectivity index (χ1n) is 12.8. The highest BCUT2D eigenvalue weighted by Crippen LogP contribution is 2.38. The molecule has 1 nitrogen and oxygen atoms in total. The molecular formula is C35H23NSi. The van der Waals surface area contributed by atoms with Crippen LogP contribution in [-0.2, 0) is 0 Å². The van der Waals surface area contributed by atoms with Gasteiger partial charge in [0, 0.05) is 11.8 Å². The lowest BCUT2D eigenvalue weighted by Gasteiger charge is -2.27. The second-order valence-corrected chi connectivity index (χ2v) is 13.6. The van der Waals surface area contributed by atoms with Gasteiger partial charge in [-0.05, 0) is 72.3 Å². The fraction of sp³-hybridized carbons (Fsp3) is 0. The van der Waals surface area contributed by atoms with E-state index in [1.54, 1.807) is 0 Å². The van der Waals surface area contributed by atoms with Crippen molar-refractivity contribution in [3.05, 3.63) is 140 Å². The fourth-order valence-corrected chi connectivity index (χ4v) is 12.1. The SMILES string of the molecule is c1ccc(-c2ccc3c(c2)-c2cc(-c4ccccc4)ccc2[Si]32c3ccccc3-c3ncccc32)cc1. The molecule has 1 aromatic heterocycles. The molecule has 0 saturated carbocycles. The van der Waals surface area contributed by atoms with Crippen LogP contribution < -0.4 is 20.7 Å². The van der Waals surface area contributed by atoms with Crippen molar-refractivity contribution < 1.29 is 0 Å². The van der Waals surface area contributed by atoms with Crippen LogP contribution in [-0.4, -0.2) is 13.1 Å². The molecule has 0 atom stereocenters. The Morgan fingerprint density at radius 3 is 1.51 bits per heavy atom. The maximum atomic E-state index is 4.93. The minimum Gasteiger partial charge on any atom is -0.256 e. The molecule has 5 aromatic carbocycles. The highest BCUT2D eigenvalue weighted by atomic mass is 28.3. The third-order valence-electron chi connectivity index (χ3n) is 8.15. The Balaban J connectivity index is 1.48. The van der Waals surface area contributed by atoms with Crippen molar-refractivity contribution in [1.29, 1.82) is 0 Å². The average molecular weight is 486 g/mol. The third-order valence-corrected chi connectivity index (χ3v) is 13.1. The molecule has 0 saturated heterocycles. The molecule has 0 unspecified atom stereocenters. The maximum Gasteiger partial charge on any atom is 0.183 e. The van der Waals surface area contributed by atoms with Crippen molar-refractivity contribution in [3.8, 4) is 44.6 Å². The van der Waals surface area contributed by atoms with Gasteiger partial charge in [-0.2, -0.15) is 0 Å². The Hall–Kier alpha value is -4.53. The summed E-state index contributed by atoms with van der Waals surface area (Å²) in [6.45, 7) is 0. The summed E-state index contributed by atoms with van der Waals surface area (Å²) < 4.78 is 0. The van der Waals surface area contributed by atoms with E-state index in [-0.39, 0.29) is 0 Å². The number of hydrogen-bond donors (Lipinski definition) is 0. The highest BCUT2D eigenvalue weighted by molar-refractivity contribution is 7.24. The number of fused-ring (bicyclic) bond motifs is 10. The summed E-state index contributed by atoms with van der Waals surface area (Å²) >= 11 is 0. The van der Waals surface area contributed by atoms with E-state index in [4.69, 9.17) is 4.98 Å². The van der Waals surface area contributed by atoms with Crippen molar-refractivity contribution >= 4 is 28.8 Å². The molecule has 6 aromatic rings. The molecule has 37 heavy (non-hydrogen) atoms. The van der Waals surface area contributed by atoms with Crippen LogP contribution in [0.2, 0.25) is 0 Å². The van der Waals surface area contributed by atoms with E-state index in [0.717, 1.165) is 5.69 Å². The largest absolute Gasteiger partial charge is 0.256 e. The van der Waals surface area contributed by atoms with Crippen LogP contribution in [0.4, 0.5) is 0 Å². The molecule has 0 aliphatic carbocycles. The average Bonchev–Trinajstić information content (AvgIpc) is 3.44. The van der Waals surface area contributed by atoms with Gasteiger partial charge in [0.25, 0.3) is 0 Å². The summed E-state index contributed by atoms with van der Waals surface area (Å²) in [5.74, 6) is 0. The summed E-state index contributed by atoms with van der Waals surface area (Å²) in [5, 5.41) is 5.83. The summed E-state index contributed by atoms with van der Waals surface area (Å²) in [4.78, 5) is 4.93. The zero-order valence-electron chi connectivity index (χ0n) is 20.2. The first-order chi connectivity index (χ1) is 18.4. The molecule has 0 bridgehead atoms.